The van der Waals surface area contributed by atoms with Crippen molar-refractivity contribution in [1.82, 2.24) is 0 Å². The van der Waals surface area contributed by atoms with E-state index < -0.39 is 0 Å². The standard InChI is InChI=1S/C19H28O/c20-19(14-15-6-4-5-7-15)18-12-10-17(11-13-18)16-8-2-1-3-9-16/h10-13,15-16,19-20H,1-9,14H2. The Kier molecular flexibility index (Phi) is 4.77. The zero-order chi connectivity index (χ0) is 13.8. The molecule has 2 saturated carbocycles. The highest BCUT2D eigenvalue weighted by molar-refractivity contribution is 5.27. The molecule has 0 amide bonds. The van der Waals surface area contributed by atoms with Gasteiger partial charge < -0.3 is 5.11 Å². The summed E-state index contributed by atoms with van der Waals surface area (Å²) in [4.78, 5) is 0. The molecule has 1 unspecified atom stereocenters. The Bertz CT molecular complexity index is 396. The maximum absolute atomic E-state index is 10.4. The molecule has 1 N–H and O–H groups in total. The smallest absolute Gasteiger partial charge is 0.0792 e. The molecule has 1 aromatic carbocycles. The number of aliphatic hydroxyl groups excluding tert-OH is 1. The van der Waals surface area contributed by atoms with Gasteiger partial charge in [0.05, 0.1) is 6.10 Å². The first-order chi connectivity index (χ1) is 9.83. The molecule has 1 aromatic rings. The Hall–Kier alpha value is -0.820. The van der Waals surface area contributed by atoms with E-state index in [0.29, 0.717) is 0 Å². The molecule has 1 atom stereocenters. The van der Waals surface area contributed by atoms with Crippen LogP contribution in [0.5, 0.6) is 0 Å². The number of rotatable bonds is 4. The Morgan fingerprint density at radius 1 is 0.850 bits per heavy atom. The fourth-order valence-corrected chi connectivity index (χ4v) is 4.12. The fraction of sp³-hybridized carbons (Fsp3) is 0.684. The third-order valence-corrected chi connectivity index (χ3v) is 5.43. The minimum absolute atomic E-state index is 0.251. The average Bonchev–Trinajstić information content (AvgIpc) is 3.01. The minimum atomic E-state index is -0.251. The van der Waals surface area contributed by atoms with Gasteiger partial charge in [-0.3, -0.25) is 0 Å². The molecule has 1 heteroatoms. The van der Waals surface area contributed by atoms with Crippen LogP contribution in [0, 0.1) is 5.92 Å². The molecule has 2 aliphatic carbocycles. The van der Waals surface area contributed by atoms with Gasteiger partial charge in [0.25, 0.3) is 0 Å². The molecule has 110 valence electrons. The quantitative estimate of drug-likeness (QED) is 0.783. The highest BCUT2D eigenvalue weighted by atomic mass is 16.3. The van der Waals surface area contributed by atoms with Crippen LogP contribution in [0.2, 0.25) is 0 Å². The highest BCUT2D eigenvalue weighted by Crippen LogP contribution is 2.35. The van der Waals surface area contributed by atoms with Gasteiger partial charge in [-0.15, -0.1) is 0 Å². The lowest BCUT2D eigenvalue weighted by Crippen LogP contribution is -2.06. The molecule has 2 fully saturated rings. The van der Waals surface area contributed by atoms with Crippen molar-refractivity contribution in [1.29, 1.82) is 0 Å². The number of hydrogen-bond acceptors (Lipinski definition) is 1. The van der Waals surface area contributed by atoms with E-state index in [1.165, 1.54) is 63.4 Å². The molecule has 0 heterocycles. The second-order valence-electron chi connectivity index (χ2n) is 6.90. The summed E-state index contributed by atoms with van der Waals surface area (Å²) in [5.74, 6) is 1.52. The van der Waals surface area contributed by atoms with Crippen molar-refractivity contribution in [2.75, 3.05) is 0 Å². The second-order valence-corrected chi connectivity index (χ2v) is 6.90. The van der Waals surface area contributed by atoms with Crippen LogP contribution in [0.3, 0.4) is 0 Å². The Labute approximate surface area is 123 Å². The Morgan fingerprint density at radius 3 is 2.10 bits per heavy atom. The van der Waals surface area contributed by atoms with Gasteiger partial charge in [0.2, 0.25) is 0 Å². The first kappa shape index (κ1) is 14.1. The fourth-order valence-electron chi connectivity index (χ4n) is 4.12. The summed E-state index contributed by atoms with van der Waals surface area (Å²) in [7, 11) is 0. The van der Waals surface area contributed by atoms with Crippen LogP contribution in [0.1, 0.15) is 87.4 Å². The molecular formula is C19H28O. The van der Waals surface area contributed by atoms with Gasteiger partial charge in [0.15, 0.2) is 0 Å². The lowest BCUT2D eigenvalue weighted by Gasteiger charge is -2.22. The van der Waals surface area contributed by atoms with Crippen LogP contribution in [0.25, 0.3) is 0 Å². The SMILES string of the molecule is OC(CC1CCCC1)c1ccc(C2CCCCC2)cc1. The second kappa shape index (κ2) is 6.76. The summed E-state index contributed by atoms with van der Waals surface area (Å²) in [5.41, 5.74) is 2.61. The van der Waals surface area contributed by atoms with Gasteiger partial charge in [-0.05, 0) is 42.2 Å². The van der Waals surface area contributed by atoms with Crippen molar-refractivity contribution in [3.8, 4) is 0 Å². The molecule has 0 bridgehead atoms. The minimum Gasteiger partial charge on any atom is -0.388 e. The normalized spacial score (nSPS) is 23.1. The van der Waals surface area contributed by atoms with Gasteiger partial charge in [-0.25, -0.2) is 0 Å². The lowest BCUT2D eigenvalue weighted by molar-refractivity contribution is 0.145. The average molecular weight is 272 g/mol. The maximum Gasteiger partial charge on any atom is 0.0792 e. The van der Waals surface area contributed by atoms with Gasteiger partial charge in [0.1, 0.15) is 0 Å². The summed E-state index contributed by atoms with van der Waals surface area (Å²) >= 11 is 0. The van der Waals surface area contributed by atoms with Crippen molar-refractivity contribution in [3.63, 3.8) is 0 Å². The van der Waals surface area contributed by atoms with E-state index in [1.807, 2.05) is 0 Å². The lowest BCUT2D eigenvalue weighted by atomic mass is 9.83. The number of hydrogen-bond donors (Lipinski definition) is 1. The molecule has 0 aliphatic heterocycles. The zero-order valence-corrected chi connectivity index (χ0v) is 12.6. The number of benzene rings is 1. The third-order valence-electron chi connectivity index (χ3n) is 5.43. The van der Waals surface area contributed by atoms with E-state index in [1.54, 1.807) is 0 Å². The zero-order valence-electron chi connectivity index (χ0n) is 12.6. The number of aliphatic hydroxyl groups is 1. The molecule has 3 rings (SSSR count). The van der Waals surface area contributed by atoms with Gasteiger partial charge in [-0.2, -0.15) is 0 Å². The first-order valence-electron chi connectivity index (χ1n) is 8.61. The van der Waals surface area contributed by atoms with Crippen LogP contribution >= 0.6 is 0 Å². The Balaban J connectivity index is 1.59. The molecule has 0 saturated heterocycles. The summed E-state index contributed by atoms with van der Waals surface area (Å²) in [6.07, 6.45) is 12.9. The molecule has 1 nitrogen and oxygen atoms in total. The van der Waals surface area contributed by atoms with E-state index in [-0.39, 0.29) is 6.10 Å². The largest absolute Gasteiger partial charge is 0.388 e. The van der Waals surface area contributed by atoms with Crippen LogP contribution < -0.4 is 0 Å². The molecule has 0 radical (unpaired) electrons. The summed E-state index contributed by atoms with van der Waals surface area (Å²) in [5, 5.41) is 10.4. The first-order valence-corrected chi connectivity index (χ1v) is 8.61. The van der Waals surface area contributed by atoms with E-state index in [4.69, 9.17) is 0 Å². The third kappa shape index (κ3) is 3.44. The monoisotopic (exact) mass is 272 g/mol. The van der Waals surface area contributed by atoms with E-state index in [0.717, 1.165) is 23.8 Å². The predicted octanol–water partition coefficient (Wildman–Crippen LogP) is 5.35. The van der Waals surface area contributed by atoms with Gasteiger partial charge in [0, 0.05) is 0 Å². The van der Waals surface area contributed by atoms with Crippen LogP contribution in [-0.4, -0.2) is 5.11 Å². The van der Waals surface area contributed by atoms with Crippen molar-refractivity contribution >= 4 is 0 Å². The van der Waals surface area contributed by atoms with Crippen molar-refractivity contribution in [2.45, 2.75) is 76.2 Å². The molecular weight excluding hydrogens is 244 g/mol. The molecule has 20 heavy (non-hydrogen) atoms. The van der Waals surface area contributed by atoms with E-state index in [2.05, 4.69) is 24.3 Å². The Morgan fingerprint density at radius 2 is 1.45 bits per heavy atom. The van der Waals surface area contributed by atoms with Crippen molar-refractivity contribution < 1.29 is 5.11 Å². The van der Waals surface area contributed by atoms with Crippen LogP contribution in [-0.2, 0) is 0 Å². The van der Waals surface area contributed by atoms with E-state index >= 15 is 0 Å². The molecule has 0 spiro atoms. The summed E-state index contributed by atoms with van der Waals surface area (Å²) in [6.45, 7) is 0. The topological polar surface area (TPSA) is 20.2 Å². The summed E-state index contributed by atoms with van der Waals surface area (Å²) in [6, 6.07) is 8.87. The molecule has 0 aromatic heterocycles. The van der Waals surface area contributed by atoms with Crippen molar-refractivity contribution in [3.05, 3.63) is 35.4 Å². The van der Waals surface area contributed by atoms with Crippen LogP contribution in [0.4, 0.5) is 0 Å². The van der Waals surface area contributed by atoms with Gasteiger partial charge >= 0.3 is 0 Å². The van der Waals surface area contributed by atoms with Crippen molar-refractivity contribution in [2.24, 2.45) is 5.92 Å². The van der Waals surface area contributed by atoms with Crippen LogP contribution in [0.15, 0.2) is 24.3 Å². The maximum atomic E-state index is 10.4. The highest BCUT2D eigenvalue weighted by Gasteiger charge is 2.20. The predicted molar refractivity (Wildman–Crippen MR) is 83.8 cm³/mol. The van der Waals surface area contributed by atoms with E-state index in [9.17, 15) is 5.11 Å². The van der Waals surface area contributed by atoms with Gasteiger partial charge in [-0.1, -0.05) is 69.2 Å². The summed E-state index contributed by atoms with van der Waals surface area (Å²) < 4.78 is 0. The molecule has 2 aliphatic rings.